The van der Waals surface area contributed by atoms with E-state index in [0.29, 0.717) is 11.4 Å². The molecule has 0 amide bonds. The van der Waals surface area contributed by atoms with Crippen LogP contribution in [0, 0.1) is 5.92 Å². The highest BCUT2D eigenvalue weighted by Gasteiger charge is 2.26. The van der Waals surface area contributed by atoms with Crippen LogP contribution in [0.15, 0.2) is 248 Å². The summed E-state index contributed by atoms with van der Waals surface area (Å²) in [6.07, 6.45) is 8.68. The summed E-state index contributed by atoms with van der Waals surface area (Å²) in [4.78, 5) is 10.7. The van der Waals surface area contributed by atoms with E-state index in [9.17, 15) is 0 Å². The highest BCUT2D eigenvalue weighted by atomic mass is 16.3. The van der Waals surface area contributed by atoms with Gasteiger partial charge in [-0.2, -0.15) is 0 Å². The predicted molar refractivity (Wildman–Crippen MR) is 302 cm³/mol. The molecule has 0 fully saturated rings. The first kappa shape index (κ1) is 42.8. The molecule has 0 spiro atoms. The van der Waals surface area contributed by atoms with E-state index in [1.807, 2.05) is 42.5 Å². The molecule has 13 rings (SSSR count). The van der Waals surface area contributed by atoms with Crippen LogP contribution in [-0.4, -0.2) is 19.1 Å². The molecule has 0 bridgehead atoms. The molecule has 342 valence electrons. The molecule has 0 aliphatic carbocycles. The highest BCUT2D eigenvalue weighted by molar-refractivity contribution is 6.14. The van der Waals surface area contributed by atoms with E-state index in [1.165, 1.54) is 21.8 Å². The number of furan rings is 1. The molecule has 0 N–H and O–H groups in total. The van der Waals surface area contributed by atoms with Crippen LogP contribution < -0.4 is 0 Å². The lowest BCUT2D eigenvalue weighted by Crippen LogP contribution is -2.05. The molecule has 4 aromatic heterocycles. The fourth-order valence-electron chi connectivity index (χ4n) is 10.7. The molecule has 5 heteroatoms. The summed E-state index contributed by atoms with van der Waals surface area (Å²) in [6, 6.07) is 75.9. The zero-order valence-corrected chi connectivity index (χ0v) is 40.0. The van der Waals surface area contributed by atoms with Crippen LogP contribution in [0.3, 0.4) is 0 Å². The Balaban J connectivity index is 1.18. The van der Waals surface area contributed by atoms with E-state index in [-0.39, 0.29) is 5.92 Å². The van der Waals surface area contributed by atoms with Crippen molar-refractivity contribution in [1.82, 2.24) is 19.1 Å². The predicted octanol–water partition coefficient (Wildman–Crippen LogP) is 18.0. The number of rotatable bonds is 10. The monoisotopic (exact) mass is 924 g/mol. The molecule has 13 aromatic rings. The maximum atomic E-state index is 6.80. The van der Waals surface area contributed by atoms with Crippen LogP contribution in [0.25, 0.3) is 128 Å². The highest BCUT2D eigenvalue weighted by Crippen LogP contribution is 2.46. The van der Waals surface area contributed by atoms with Gasteiger partial charge in [-0.25, -0.2) is 9.97 Å². The maximum absolute atomic E-state index is 6.80. The van der Waals surface area contributed by atoms with Gasteiger partial charge in [0.2, 0.25) is 0 Å². The molecular formula is C67H48N4O. The van der Waals surface area contributed by atoms with Gasteiger partial charge in [0.1, 0.15) is 16.8 Å². The first-order valence-corrected chi connectivity index (χ1v) is 24.6. The van der Waals surface area contributed by atoms with E-state index < -0.39 is 0 Å². The number of allylic oxidation sites excluding steroid dienone is 5. The Morgan fingerprint density at radius 3 is 1.82 bits per heavy atom. The Morgan fingerprint density at radius 2 is 1.12 bits per heavy atom. The lowest BCUT2D eigenvalue weighted by molar-refractivity contribution is 0.667. The summed E-state index contributed by atoms with van der Waals surface area (Å²) in [5.41, 5.74) is 18.0. The van der Waals surface area contributed by atoms with E-state index in [0.717, 1.165) is 99.9 Å². The van der Waals surface area contributed by atoms with Gasteiger partial charge in [0.05, 0.1) is 27.8 Å². The Morgan fingerprint density at radius 1 is 0.514 bits per heavy atom. The second-order valence-corrected chi connectivity index (χ2v) is 18.5. The number of nitrogens with zero attached hydrogens (tertiary/aromatic N) is 4. The number of benzene rings is 9. The lowest BCUT2D eigenvalue weighted by atomic mass is 9.90. The molecule has 1 atom stereocenters. The van der Waals surface area contributed by atoms with Crippen LogP contribution in [0.4, 0.5) is 0 Å². The van der Waals surface area contributed by atoms with Crippen LogP contribution in [0.2, 0.25) is 0 Å². The van der Waals surface area contributed by atoms with Crippen molar-refractivity contribution >= 4 is 71.3 Å². The third kappa shape index (κ3) is 7.08. The Labute approximate surface area is 417 Å². The van der Waals surface area contributed by atoms with Crippen molar-refractivity contribution in [3.63, 3.8) is 0 Å². The topological polar surface area (TPSA) is 48.8 Å². The molecule has 0 radical (unpaired) electrons. The molecule has 4 heterocycles. The SMILES string of the molecule is C=C[C@H](C)/C=C(\C=C/C)c1cc(-c2nc(-c3ccccc3)nc3c2oc2ccccc23)cc(-c2ccccc2)c1-n1c2ccc(-n3c4ccccc4c4ccccc43)cc2c2ccc(-c3ccccc3)cc21. The largest absolute Gasteiger partial charge is 0.452 e. The van der Waals surface area contributed by atoms with Gasteiger partial charge in [-0.3, -0.25) is 0 Å². The number of fused-ring (bicyclic) bond motifs is 9. The normalized spacial score (nSPS) is 12.6. The number of hydrogen-bond acceptors (Lipinski definition) is 3. The Bertz CT molecular complexity index is 4250. The molecular weight excluding hydrogens is 877 g/mol. The van der Waals surface area contributed by atoms with Gasteiger partial charge in [0.25, 0.3) is 0 Å². The average molecular weight is 925 g/mol. The van der Waals surface area contributed by atoms with Crippen molar-refractivity contribution in [1.29, 1.82) is 0 Å². The summed E-state index contributed by atoms with van der Waals surface area (Å²) in [7, 11) is 0. The second kappa shape index (κ2) is 17.6. The minimum Gasteiger partial charge on any atom is -0.452 e. The van der Waals surface area contributed by atoms with Crippen LogP contribution in [0.5, 0.6) is 0 Å². The Hall–Kier alpha value is -9.32. The molecule has 72 heavy (non-hydrogen) atoms. The number of para-hydroxylation sites is 3. The van der Waals surface area contributed by atoms with Crippen molar-refractivity contribution in [3.8, 4) is 56.3 Å². The molecule has 0 unspecified atom stereocenters. The molecule has 5 nitrogen and oxygen atoms in total. The smallest absolute Gasteiger partial charge is 0.180 e. The van der Waals surface area contributed by atoms with Crippen molar-refractivity contribution in [3.05, 3.63) is 249 Å². The molecule has 0 aliphatic heterocycles. The van der Waals surface area contributed by atoms with Gasteiger partial charge in [-0.05, 0) is 95.8 Å². The van der Waals surface area contributed by atoms with Gasteiger partial charge in [0, 0.05) is 54.9 Å². The van der Waals surface area contributed by atoms with Crippen molar-refractivity contribution in [2.24, 2.45) is 5.92 Å². The lowest BCUT2D eigenvalue weighted by Gasteiger charge is -2.22. The van der Waals surface area contributed by atoms with Gasteiger partial charge in [-0.1, -0.05) is 183 Å². The summed E-state index contributed by atoms with van der Waals surface area (Å²) >= 11 is 0. The first-order valence-electron chi connectivity index (χ1n) is 24.6. The Kier molecular flexibility index (Phi) is 10.4. The number of hydrogen-bond donors (Lipinski definition) is 0. The first-order chi connectivity index (χ1) is 35.5. The molecule has 0 saturated carbocycles. The number of aromatic nitrogens is 4. The second-order valence-electron chi connectivity index (χ2n) is 18.5. The van der Waals surface area contributed by atoms with Gasteiger partial charge >= 0.3 is 0 Å². The summed E-state index contributed by atoms with van der Waals surface area (Å²) in [5, 5.41) is 5.72. The third-order valence-corrected chi connectivity index (χ3v) is 14.1. The van der Waals surface area contributed by atoms with Gasteiger partial charge in [-0.15, -0.1) is 6.58 Å². The van der Waals surface area contributed by atoms with E-state index in [4.69, 9.17) is 14.4 Å². The fourth-order valence-corrected chi connectivity index (χ4v) is 10.7. The summed E-state index contributed by atoms with van der Waals surface area (Å²) in [6.45, 7) is 8.52. The molecule has 9 aromatic carbocycles. The third-order valence-electron chi connectivity index (χ3n) is 14.1. The van der Waals surface area contributed by atoms with Crippen LogP contribution in [-0.2, 0) is 0 Å². The van der Waals surface area contributed by atoms with E-state index >= 15 is 0 Å². The summed E-state index contributed by atoms with van der Waals surface area (Å²) < 4.78 is 11.7. The quantitative estimate of drug-likeness (QED) is 0.101. The summed E-state index contributed by atoms with van der Waals surface area (Å²) in [5.74, 6) is 0.700. The fraction of sp³-hybridized carbons (Fsp3) is 0.0448. The average Bonchev–Trinajstić information content (AvgIpc) is 4.10. The van der Waals surface area contributed by atoms with Crippen LogP contribution >= 0.6 is 0 Å². The maximum Gasteiger partial charge on any atom is 0.180 e. The van der Waals surface area contributed by atoms with E-state index in [1.54, 1.807) is 0 Å². The molecule has 0 saturated heterocycles. The van der Waals surface area contributed by atoms with Crippen molar-refractivity contribution in [2.45, 2.75) is 13.8 Å². The van der Waals surface area contributed by atoms with E-state index in [2.05, 4.69) is 224 Å². The molecule has 0 aliphatic rings. The van der Waals surface area contributed by atoms with Gasteiger partial charge in [0.15, 0.2) is 11.4 Å². The zero-order valence-electron chi connectivity index (χ0n) is 40.0. The minimum atomic E-state index is 0.0651. The van der Waals surface area contributed by atoms with Crippen LogP contribution in [0.1, 0.15) is 19.4 Å². The van der Waals surface area contributed by atoms with Gasteiger partial charge < -0.3 is 13.6 Å². The van der Waals surface area contributed by atoms with Crippen molar-refractivity contribution < 1.29 is 4.42 Å². The minimum absolute atomic E-state index is 0.0651. The van der Waals surface area contributed by atoms with Crippen molar-refractivity contribution in [2.75, 3.05) is 0 Å². The standard InChI is InChI=1S/C67H48N4O/c1-4-21-48(38-43(3)5-2)56-40-49(63-66-64(54-30-17-20-33-62(54)72-66)69-67(68-63)46-26-13-8-14-27-46)39-55(45-24-11-7-12-25-45)65(56)71-60-37-35-50(70-58-31-18-15-28-51(58)52-29-16-19-32-59(52)70)42-57(60)53-36-34-47(41-61(53)71)44-22-9-6-10-23-44/h4-43H,2H2,1,3H3/b21-4-,48-38+/t43-/m0/s1. The zero-order chi connectivity index (χ0) is 48.3.